The number of hydrogen-bond donors (Lipinski definition) is 1. The summed E-state index contributed by atoms with van der Waals surface area (Å²) in [6.45, 7) is 4.99. The van der Waals surface area contributed by atoms with E-state index in [0.29, 0.717) is 28.4 Å². The number of halogens is 1. The second kappa shape index (κ2) is 6.13. The molecule has 2 N–H and O–H groups in total. The van der Waals surface area contributed by atoms with Crippen molar-refractivity contribution in [2.24, 2.45) is 11.7 Å². The number of aryl methyl sites for hydroxylation is 1. The molecule has 0 saturated carbocycles. The van der Waals surface area contributed by atoms with Crippen LogP contribution in [0.3, 0.4) is 0 Å². The summed E-state index contributed by atoms with van der Waals surface area (Å²) in [5, 5.41) is 0. The van der Waals surface area contributed by atoms with Crippen LogP contribution in [-0.4, -0.2) is 31.9 Å². The third-order valence-corrected chi connectivity index (χ3v) is 7.27. The highest BCUT2D eigenvalue weighted by atomic mass is 79.9. The lowest BCUT2D eigenvalue weighted by Gasteiger charge is -2.33. The molecular weight excluding hydrogens is 340 g/mol. The van der Waals surface area contributed by atoms with Gasteiger partial charge in [0.05, 0.1) is 4.90 Å². The fourth-order valence-corrected chi connectivity index (χ4v) is 5.09. The van der Waals surface area contributed by atoms with Gasteiger partial charge in [-0.05, 0) is 60.2 Å². The molecule has 1 heterocycles. The molecule has 4 nitrogen and oxygen atoms in total. The predicted molar refractivity (Wildman–Crippen MR) is 84.0 cm³/mol. The molecule has 6 heteroatoms. The molecule has 1 fully saturated rings. The van der Waals surface area contributed by atoms with Crippen LogP contribution in [0.1, 0.15) is 25.3 Å². The van der Waals surface area contributed by atoms with Crippen molar-refractivity contribution in [1.82, 2.24) is 4.31 Å². The van der Waals surface area contributed by atoms with Gasteiger partial charge in [0, 0.05) is 23.6 Å². The first-order valence-corrected chi connectivity index (χ1v) is 9.08. The average molecular weight is 361 g/mol. The second-order valence-electron chi connectivity index (χ2n) is 5.49. The Morgan fingerprint density at radius 2 is 1.95 bits per heavy atom. The van der Waals surface area contributed by atoms with Crippen molar-refractivity contribution >= 4 is 26.0 Å². The first-order valence-electron chi connectivity index (χ1n) is 6.85. The molecule has 0 bridgehead atoms. The smallest absolute Gasteiger partial charge is 0.244 e. The highest BCUT2D eigenvalue weighted by Gasteiger charge is 2.31. The predicted octanol–water partition coefficient (Wildman–Crippen LogP) is 2.51. The molecule has 1 aliphatic heterocycles. The Bertz CT molecular complexity index is 579. The topological polar surface area (TPSA) is 63.4 Å². The van der Waals surface area contributed by atoms with Crippen LogP contribution in [0.4, 0.5) is 0 Å². The van der Waals surface area contributed by atoms with Crippen LogP contribution in [-0.2, 0) is 10.0 Å². The molecule has 20 heavy (non-hydrogen) atoms. The average Bonchev–Trinajstić information content (AvgIpc) is 2.41. The largest absolute Gasteiger partial charge is 0.328 e. The molecule has 1 saturated heterocycles. The van der Waals surface area contributed by atoms with Gasteiger partial charge in [-0.3, -0.25) is 0 Å². The van der Waals surface area contributed by atoms with Crippen LogP contribution in [0.15, 0.2) is 27.6 Å². The lowest BCUT2D eigenvalue weighted by Crippen LogP contribution is -2.42. The quantitative estimate of drug-likeness (QED) is 0.900. The second-order valence-corrected chi connectivity index (χ2v) is 8.19. The summed E-state index contributed by atoms with van der Waals surface area (Å²) in [6, 6.07) is 5.46. The Labute approximate surface area is 129 Å². The van der Waals surface area contributed by atoms with Crippen molar-refractivity contribution in [3.8, 4) is 0 Å². The number of nitrogens with zero attached hydrogens (tertiary/aromatic N) is 1. The molecular formula is C14H21BrN2O2S. The molecule has 0 aromatic heterocycles. The Balaban J connectivity index is 2.22. The van der Waals surface area contributed by atoms with E-state index in [1.165, 1.54) is 0 Å². The number of hydrogen-bond acceptors (Lipinski definition) is 3. The highest BCUT2D eigenvalue weighted by Crippen LogP contribution is 2.30. The maximum Gasteiger partial charge on any atom is 0.244 e. The Kier molecular flexibility index (Phi) is 4.89. The van der Waals surface area contributed by atoms with Gasteiger partial charge in [-0.2, -0.15) is 4.31 Å². The van der Waals surface area contributed by atoms with Crippen molar-refractivity contribution in [3.63, 3.8) is 0 Å². The van der Waals surface area contributed by atoms with Crippen LogP contribution < -0.4 is 5.73 Å². The molecule has 1 atom stereocenters. The van der Waals surface area contributed by atoms with Gasteiger partial charge in [0.25, 0.3) is 0 Å². The Morgan fingerprint density at radius 3 is 2.50 bits per heavy atom. The summed E-state index contributed by atoms with van der Waals surface area (Å²) in [7, 11) is -3.42. The minimum absolute atomic E-state index is 0.130. The van der Waals surface area contributed by atoms with Crippen molar-refractivity contribution in [2.75, 3.05) is 13.1 Å². The van der Waals surface area contributed by atoms with E-state index < -0.39 is 10.0 Å². The van der Waals surface area contributed by atoms with Gasteiger partial charge in [0.1, 0.15) is 0 Å². The van der Waals surface area contributed by atoms with Crippen molar-refractivity contribution in [3.05, 3.63) is 28.2 Å². The van der Waals surface area contributed by atoms with Crippen LogP contribution >= 0.6 is 15.9 Å². The lowest BCUT2D eigenvalue weighted by atomic mass is 9.92. The summed E-state index contributed by atoms with van der Waals surface area (Å²) in [5.41, 5.74) is 6.83. The lowest BCUT2D eigenvalue weighted by molar-refractivity contribution is 0.250. The number of piperidine rings is 1. The molecule has 2 rings (SSSR count). The van der Waals surface area contributed by atoms with E-state index in [0.717, 1.165) is 18.4 Å². The van der Waals surface area contributed by atoms with Crippen molar-refractivity contribution in [1.29, 1.82) is 0 Å². The van der Waals surface area contributed by atoms with Crippen molar-refractivity contribution < 1.29 is 8.42 Å². The summed E-state index contributed by atoms with van der Waals surface area (Å²) >= 11 is 3.39. The monoisotopic (exact) mass is 360 g/mol. The van der Waals surface area contributed by atoms with Gasteiger partial charge < -0.3 is 5.73 Å². The Hall–Kier alpha value is -0.430. The molecule has 112 valence electrons. The summed E-state index contributed by atoms with van der Waals surface area (Å²) in [4.78, 5) is 0.358. The summed E-state index contributed by atoms with van der Waals surface area (Å²) in [6.07, 6.45) is 1.67. The maximum absolute atomic E-state index is 12.7. The summed E-state index contributed by atoms with van der Waals surface area (Å²) < 4.78 is 27.6. The van der Waals surface area contributed by atoms with Gasteiger partial charge in [-0.15, -0.1) is 0 Å². The number of benzene rings is 1. The van der Waals surface area contributed by atoms with Crippen LogP contribution in [0.5, 0.6) is 0 Å². The standard InChI is InChI=1S/C14H21BrN2O2S/c1-10-4-3-5-13(14(10)15)20(18,19)17-8-6-12(7-9-17)11(2)16/h3-5,11-12H,6-9,16H2,1-2H3. The number of nitrogens with two attached hydrogens (primary N) is 1. The Morgan fingerprint density at radius 1 is 1.35 bits per heavy atom. The SMILES string of the molecule is Cc1cccc(S(=O)(=O)N2CCC(C(C)N)CC2)c1Br. The number of sulfonamides is 1. The fraction of sp³-hybridized carbons (Fsp3) is 0.571. The van der Waals surface area contributed by atoms with Gasteiger partial charge in [-0.1, -0.05) is 12.1 Å². The van der Waals surface area contributed by atoms with E-state index in [1.54, 1.807) is 16.4 Å². The third-order valence-electron chi connectivity index (χ3n) is 4.02. The molecule has 1 unspecified atom stereocenters. The molecule has 0 spiro atoms. The fourth-order valence-electron chi connectivity index (χ4n) is 2.60. The zero-order valence-electron chi connectivity index (χ0n) is 11.8. The molecule has 0 aliphatic carbocycles. The molecule has 1 aliphatic rings. The third kappa shape index (κ3) is 3.08. The van der Waals surface area contributed by atoms with Crippen LogP contribution in [0.25, 0.3) is 0 Å². The van der Waals surface area contributed by atoms with E-state index in [4.69, 9.17) is 5.73 Å². The first-order chi connectivity index (χ1) is 9.34. The normalized spacial score (nSPS) is 20.0. The van der Waals surface area contributed by atoms with Gasteiger partial charge in [-0.25, -0.2) is 8.42 Å². The van der Waals surface area contributed by atoms with E-state index in [-0.39, 0.29) is 6.04 Å². The molecule has 0 radical (unpaired) electrons. The van der Waals surface area contributed by atoms with Gasteiger partial charge >= 0.3 is 0 Å². The van der Waals surface area contributed by atoms with Gasteiger partial charge in [0.15, 0.2) is 0 Å². The first kappa shape index (κ1) is 15.9. The molecule has 1 aromatic carbocycles. The van der Waals surface area contributed by atoms with E-state index >= 15 is 0 Å². The molecule has 1 aromatic rings. The summed E-state index contributed by atoms with van der Waals surface area (Å²) in [5.74, 6) is 0.419. The van der Waals surface area contributed by atoms with Gasteiger partial charge in [0.2, 0.25) is 10.0 Å². The minimum atomic E-state index is -3.42. The minimum Gasteiger partial charge on any atom is -0.328 e. The zero-order valence-corrected chi connectivity index (χ0v) is 14.2. The van der Waals surface area contributed by atoms with E-state index in [1.807, 2.05) is 19.9 Å². The zero-order chi connectivity index (χ0) is 14.9. The van der Waals surface area contributed by atoms with Crippen LogP contribution in [0, 0.1) is 12.8 Å². The maximum atomic E-state index is 12.7. The van der Waals surface area contributed by atoms with Crippen LogP contribution in [0.2, 0.25) is 0 Å². The number of rotatable bonds is 3. The van der Waals surface area contributed by atoms with E-state index in [9.17, 15) is 8.42 Å². The van der Waals surface area contributed by atoms with Crippen molar-refractivity contribution in [2.45, 2.75) is 37.6 Å². The highest BCUT2D eigenvalue weighted by molar-refractivity contribution is 9.10. The molecule has 0 amide bonds. The van der Waals surface area contributed by atoms with E-state index in [2.05, 4.69) is 15.9 Å².